The van der Waals surface area contributed by atoms with Gasteiger partial charge in [0.25, 0.3) is 5.91 Å². The molecule has 0 spiro atoms. The first-order chi connectivity index (χ1) is 16.0. The van der Waals surface area contributed by atoms with E-state index < -0.39 is 0 Å². The zero-order valence-electron chi connectivity index (χ0n) is 18.6. The lowest BCUT2D eigenvalue weighted by Crippen LogP contribution is -2.44. The van der Waals surface area contributed by atoms with Crippen LogP contribution in [0.1, 0.15) is 16.0 Å². The van der Waals surface area contributed by atoms with E-state index in [1.807, 2.05) is 36.6 Å². The third-order valence-electron chi connectivity index (χ3n) is 5.08. The van der Waals surface area contributed by atoms with E-state index in [-0.39, 0.29) is 37.3 Å². The predicted molar refractivity (Wildman–Crippen MR) is 128 cm³/mol. The monoisotopic (exact) mass is 466 g/mol. The van der Waals surface area contributed by atoms with Crippen LogP contribution in [0, 0.1) is 12.7 Å². The Morgan fingerprint density at radius 3 is 2.36 bits per heavy atom. The van der Waals surface area contributed by atoms with E-state index in [9.17, 15) is 14.0 Å². The Hall–Kier alpha value is -3.45. The molecule has 0 radical (unpaired) electrons. The number of benzene rings is 2. The molecule has 3 aromatic rings. The van der Waals surface area contributed by atoms with Crippen LogP contribution in [0.3, 0.4) is 0 Å². The summed E-state index contributed by atoms with van der Waals surface area (Å²) < 4.78 is 18.9. The van der Waals surface area contributed by atoms with Crippen LogP contribution in [-0.2, 0) is 22.7 Å². The third-order valence-corrected chi connectivity index (χ3v) is 6.08. The molecule has 3 rings (SSSR count). The largest absolute Gasteiger partial charge is 0.484 e. The smallest absolute Gasteiger partial charge is 0.261 e. The second-order valence-corrected chi connectivity index (χ2v) is 8.57. The number of ether oxygens (including phenoxy) is 1. The number of thiophene rings is 1. The molecule has 0 N–H and O–H groups in total. The molecule has 0 saturated heterocycles. The maximum Gasteiger partial charge on any atom is 0.261 e. The van der Waals surface area contributed by atoms with Gasteiger partial charge in [0.2, 0.25) is 5.91 Å². The number of para-hydroxylation sites is 1. The average Bonchev–Trinajstić information content (AvgIpc) is 3.23. The molecule has 33 heavy (non-hydrogen) atoms. The third kappa shape index (κ3) is 7.29. The van der Waals surface area contributed by atoms with Crippen molar-refractivity contribution in [3.8, 4) is 5.75 Å². The van der Waals surface area contributed by atoms with Gasteiger partial charge >= 0.3 is 0 Å². The van der Waals surface area contributed by atoms with Gasteiger partial charge in [-0.2, -0.15) is 0 Å². The number of rotatable bonds is 11. The summed E-state index contributed by atoms with van der Waals surface area (Å²) in [6, 6.07) is 17.1. The molecule has 0 unspecified atom stereocenters. The Kier molecular flexibility index (Phi) is 8.78. The van der Waals surface area contributed by atoms with Crippen molar-refractivity contribution < 1.29 is 18.7 Å². The lowest BCUT2D eigenvalue weighted by Gasteiger charge is -2.27. The second-order valence-electron chi connectivity index (χ2n) is 7.57. The number of aryl methyl sites for hydroxylation is 1. The molecule has 7 heteroatoms. The normalized spacial score (nSPS) is 10.5. The highest BCUT2D eigenvalue weighted by Gasteiger charge is 2.22. The molecule has 5 nitrogen and oxygen atoms in total. The Bertz CT molecular complexity index is 1070. The molecule has 1 heterocycles. The van der Waals surface area contributed by atoms with Gasteiger partial charge in [0, 0.05) is 18.0 Å². The van der Waals surface area contributed by atoms with Crippen LogP contribution in [0.5, 0.6) is 5.75 Å². The van der Waals surface area contributed by atoms with Crippen molar-refractivity contribution in [3.63, 3.8) is 0 Å². The highest BCUT2D eigenvalue weighted by molar-refractivity contribution is 7.10. The van der Waals surface area contributed by atoms with E-state index in [4.69, 9.17) is 4.74 Å². The Labute approximate surface area is 197 Å². The SMILES string of the molecule is C=CCN(CC(=O)N(Cc1ccc(F)cc1)Cc1sccc1C)C(=O)COc1ccccc1. The molecule has 0 aliphatic heterocycles. The van der Waals surface area contributed by atoms with Gasteiger partial charge in [-0.25, -0.2) is 4.39 Å². The van der Waals surface area contributed by atoms with Crippen molar-refractivity contribution >= 4 is 23.2 Å². The van der Waals surface area contributed by atoms with Gasteiger partial charge in [0.15, 0.2) is 6.61 Å². The summed E-state index contributed by atoms with van der Waals surface area (Å²) in [6.45, 7) is 6.39. The molecule has 172 valence electrons. The standard InChI is InChI=1S/C26H27FN2O3S/c1-3-14-28(26(31)19-32-23-7-5-4-6-8-23)18-25(30)29(17-24-20(2)13-15-33-24)16-21-9-11-22(27)12-10-21/h3-13,15H,1,14,16-19H2,2H3. The van der Waals surface area contributed by atoms with Gasteiger partial charge in [0.1, 0.15) is 18.1 Å². The fourth-order valence-electron chi connectivity index (χ4n) is 3.21. The summed E-state index contributed by atoms with van der Waals surface area (Å²) in [5, 5.41) is 1.99. The highest BCUT2D eigenvalue weighted by atomic mass is 32.1. The van der Waals surface area contributed by atoms with Gasteiger partial charge in [-0.15, -0.1) is 17.9 Å². The molecule has 1 aromatic heterocycles. The van der Waals surface area contributed by atoms with Gasteiger partial charge in [-0.3, -0.25) is 9.59 Å². The minimum atomic E-state index is -0.327. The van der Waals surface area contributed by atoms with E-state index in [2.05, 4.69) is 6.58 Å². The first-order valence-electron chi connectivity index (χ1n) is 10.6. The van der Waals surface area contributed by atoms with Crippen molar-refractivity contribution in [1.82, 2.24) is 9.80 Å². The van der Waals surface area contributed by atoms with Crippen molar-refractivity contribution in [2.45, 2.75) is 20.0 Å². The molecule has 0 atom stereocenters. The van der Waals surface area contributed by atoms with Gasteiger partial charge in [0.05, 0.1) is 6.54 Å². The maximum atomic E-state index is 13.3. The molecular formula is C26H27FN2O3S. The Morgan fingerprint density at radius 2 is 1.73 bits per heavy atom. The number of halogens is 1. The Morgan fingerprint density at radius 1 is 1.00 bits per heavy atom. The van der Waals surface area contributed by atoms with E-state index in [1.165, 1.54) is 17.0 Å². The van der Waals surface area contributed by atoms with E-state index in [0.29, 0.717) is 18.8 Å². The number of hydrogen-bond acceptors (Lipinski definition) is 4. The van der Waals surface area contributed by atoms with Gasteiger partial charge in [-0.05, 0) is 53.8 Å². The number of carbonyl (C=O) groups excluding carboxylic acids is 2. The van der Waals surface area contributed by atoms with Crippen molar-refractivity contribution in [1.29, 1.82) is 0 Å². The van der Waals surface area contributed by atoms with Crippen molar-refractivity contribution in [2.24, 2.45) is 0 Å². The minimum Gasteiger partial charge on any atom is -0.484 e. The quantitative estimate of drug-likeness (QED) is 0.381. The second kappa shape index (κ2) is 12.0. The number of hydrogen-bond donors (Lipinski definition) is 0. The Balaban J connectivity index is 1.71. The molecule has 0 aliphatic rings. The first kappa shape index (κ1) is 24.2. The van der Waals surface area contributed by atoms with Crippen molar-refractivity contribution in [2.75, 3.05) is 19.7 Å². The molecule has 0 fully saturated rings. The van der Waals surface area contributed by atoms with Gasteiger partial charge < -0.3 is 14.5 Å². The van der Waals surface area contributed by atoms with Crippen LogP contribution in [-0.4, -0.2) is 41.3 Å². The number of nitrogens with zero attached hydrogens (tertiary/aromatic N) is 2. The summed E-state index contributed by atoms with van der Waals surface area (Å²) in [7, 11) is 0. The fourth-order valence-corrected chi connectivity index (χ4v) is 4.13. The summed E-state index contributed by atoms with van der Waals surface area (Å²) in [5.41, 5.74) is 1.92. The van der Waals surface area contributed by atoms with Crippen molar-refractivity contribution in [3.05, 3.63) is 101 Å². The summed E-state index contributed by atoms with van der Waals surface area (Å²) in [5.74, 6) is -0.253. The summed E-state index contributed by atoms with van der Waals surface area (Å²) in [4.78, 5) is 30.3. The minimum absolute atomic E-state index is 0.103. The first-order valence-corrected chi connectivity index (χ1v) is 11.5. The number of amides is 2. The maximum absolute atomic E-state index is 13.3. The van der Waals surface area contributed by atoms with Crippen LogP contribution in [0.4, 0.5) is 4.39 Å². The van der Waals surface area contributed by atoms with Crippen LogP contribution < -0.4 is 4.74 Å². The van der Waals surface area contributed by atoms with E-state index in [1.54, 1.807) is 46.6 Å². The fraction of sp³-hybridized carbons (Fsp3) is 0.231. The lowest BCUT2D eigenvalue weighted by molar-refractivity contribution is -0.141. The summed E-state index contributed by atoms with van der Waals surface area (Å²) >= 11 is 1.58. The zero-order chi connectivity index (χ0) is 23.6. The molecule has 0 saturated carbocycles. The predicted octanol–water partition coefficient (Wildman–Crippen LogP) is 4.82. The van der Waals surface area contributed by atoms with E-state index >= 15 is 0 Å². The number of carbonyl (C=O) groups is 2. The molecule has 2 aromatic carbocycles. The van der Waals surface area contributed by atoms with Crippen LogP contribution in [0.15, 0.2) is 78.7 Å². The van der Waals surface area contributed by atoms with E-state index in [0.717, 1.165) is 16.0 Å². The molecular weight excluding hydrogens is 439 g/mol. The van der Waals surface area contributed by atoms with Crippen LogP contribution in [0.25, 0.3) is 0 Å². The highest BCUT2D eigenvalue weighted by Crippen LogP contribution is 2.20. The van der Waals surface area contributed by atoms with Gasteiger partial charge in [-0.1, -0.05) is 36.4 Å². The van der Waals surface area contributed by atoms with Crippen LogP contribution >= 0.6 is 11.3 Å². The average molecular weight is 467 g/mol. The van der Waals surface area contributed by atoms with Crippen LogP contribution in [0.2, 0.25) is 0 Å². The molecule has 0 bridgehead atoms. The summed E-state index contributed by atoms with van der Waals surface area (Å²) in [6.07, 6.45) is 1.58. The lowest BCUT2D eigenvalue weighted by atomic mass is 10.2. The zero-order valence-corrected chi connectivity index (χ0v) is 19.4. The molecule has 0 aliphatic carbocycles. The topological polar surface area (TPSA) is 49.9 Å². The molecule has 2 amide bonds.